The van der Waals surface area contributed by atoms with Gasteiger partial charge in [-0.1, -0.05) is 37.3 Å². The highest BCUT2D eigenvalue weighted by Gasteiger charge is 2.28. The topological polar surface area (TPSA) is 110 Å². The zero-order chi connectivity index (χ0) is 18.4. The molecule has 0 bridgehead atoms. The first kappa shape index (κ1) is 18.1. The first-order valence-electron chi connectivity index (χ1n) is 7.70. The summed E-state index contributed by atoms with van der Waals surface area (Å²) < 4.78 is 0. The normalized spacial score (nSPS) is 12.8. The van der Waals surface area contributed by atoms with Crippen molar-refractivity contribution in [1.29, 1.82) is 0 Å². The van der Waals surface area contributed by atoms with Crippen molar-refractivity contribution in [2.24, 2.45) is 5.92 Å². The molecule has 7 heteroatoms. The maximum Gasteiger partial charge on any atom is 0.304 e. The molecule has 0 unspecified atom stereocenters. The van der Waals surface area contributed by atoms with E-state index in [0.29, 0.717) is 5.69 Å². The zero-order valence-electron chi connectivity index (χ0n) is 13.6. The molecule has 0 saturated heterocycles. The molecule has 0 aliphatic carbocycles. The largest absolute Gasteiger partial charge is 0.481 e. The Hall–Kier alpha value is -3.22. The number of aliphatic carboxylic acids is 1. The lowest BCUT2D eigenvalue weighted by atomic mass is 9.84. The van der Waals surface area contributed by atoms with Crippen LogP contribution >= 0.6 is 0 Å². The van der Waals surface area contributed by atoms with Crippen LogP contribution in [0.4, 0.5) is 11.4 Å². The van der Waals surface area contributed by atoms with Crippen molar-refractivity contribution in [2.45, 2.75) is 19.3 Å². The van der Waals surface area contributed by atoms with Crippen molar-refractivity contribution < 1.29 is 19.6 Å². The number of carboxylic acids is 1. The second-order valence-electron chi connectivity index (χ2n) is 5.70. The minimum atomic E-state index is -1.06. The van der Waals surface area contributed by atoms with Crippen molar-refractivity contribution in [3.63, 3.8) is 0 Å². The van der Waals surface area contributed by atoms with Crippen LogP contribution in [0, 0.1) is 16.0 Å². The highest BCUT2D eigenvalue weighted by Crippen LogP contribution is 2.28. The highest BCUT2D eigenvalue weighted by atomic mass is 16.6. The second kappa shape index (κ2) is 8.05. The number of anilines is 1. The fourth-order valence-electron chi connectivity index (χ4n) is 2.58. The Bertz CT molecular complexity index is 759. The molecule has 130 valence electrons. The van der Waals surface area contributed by atoms with Crippen LogP contribution in [0.3, 0.4) is 0 Å². The standard InChI is InChI=1S/C18H18N2O5/c1-12(13-5-3-2-4-6-13)16(11-17(21)22)18(23)19-14-7-9-15(10-8-14)20(24)25/h2-10,12,16H,11H2,1H3,(H,19,23)(H,21,22)/t12-,16+/m0/s1. The van der Waals surface area contributed by atoms with Crippen LogP contribution in [0.2, 0.25) is 0 Å². The molecule has 7 nitrogen and oxygen atoms in total. The maximum atomic E-state index is 12.6. The van der Waals surface area contributed by atoms with Gasteiger partial charge in [-0.05, 0) is 23.6 Å². The summed E-state index contributed by atoms with van der Waals surface area (Å²) in [6.07, 6.45) is -0.311. The van der Waals surface area contributed by atoms with Crippen LogP contribution in [0.5, 0.6) is 0 Å². The number of carboxylic acid groups (broad SMARTS) is 1. The molecule has 0 radical (unpaired) electrons. The van der Waals surface area contributed by atoms with Crippen LogP contribution in [-0.4, -0.2) is 21.9 Å². The summed E-state index contributed by atoms with van der Waals surface area (Å²) in [4.78, 5) is 33.9. The molecular formula is C18H18N2O5. The summed E-state index contributed by atoms with van der Waals surface area (Å²) in [5.41, 5.74) is 1.16. The van der Waals surface area contributed by atoms with Crippen LogP contribution in [0.15, 0.2) is 54.6 Å². The van der Waals surface area contributed by atoms with Crippen molar-refractivity contribution in [3.8, 4) is 0 Å². The summed E-state index contributed by atoms with van der Waals surface area (Å²) in [7, 11) is 0. The highest BCUT2D eigenvalue weighted by molar-refractivity contribution is 5.95. The minimum absolute atomic E-state index is 0.0854. The number of nitro benzene ring substituents is 1. The van der Waals surface area contributed by atoms with Gasteiger partial charge in [0.25, 0.3) is 5.69 Å². The molecule has 2 aromatic carbocycles. The number of non-ortho nitro benzene ring substituents is 1. The monoisotopic (exact) mass is 342 g/mol. The SMILES string of the molecule is C[C@@H](c1ccccc1)[C@@H](CC(=O)O)C(=O)Nc1ccc([N+](=O)[O-])cc1. The van der Waals surface area contributed by atoms with Gasteiger partial charge in [0.2, 0.25) is 5.91 Å². The number of benzene rings is 2. The van der Waals surface area contributed by atoms with E-state index in [4.69, 9.17) is 5.11 Å². The van der Waals surface area contributed by atoms with Gasteiger partial charge in [-0.3, -0.25) is 19.7 Å². The number of hydrogen-bond donors (Lipinski definition) is 2. The van der Waals surface area contributed by atoms with E-state index in [9.17, 15) is 19.7 Å². The lowest BCUT2D eigenvalue weighted by Crippen LogP contribution is -2.29. The average molecular weight is 342 g/mol. The second-order valence-corrected chi connectivity index (χ2v) is 5.70. The smallest absolute Gasteiger partial charge is 0.304 e. The van der Waals surface area contributed by atoms with Crippen LogP contribution in [0.25, 0.3) is 0 Å². The third-order valence-electron chi connectivity index (χ3n) is 4.01. The van der Waals surface area contributed by atoms with Crippen molar-refractivity contribution in [1.82, 2.24) is 0 Å². The van der Waals surface area contributed by atoms with E-state index < -0.39 is 22.7 Å². The van der Waals surface area contributed by atoms with Gasteiger partial charge in [0.15, 0.2) is 0 Å². The number of nitrogens with one attached hydrogen (secondary N) is 1. The number of nitro groups is 1. The Kier molecular flexibility index (Phi) is 5.84. The Morgan fingerprint density at radius 3 is 2.24 bits per heavy atom. The summed E-state index contributed by atoms with van der Waals surface area (Å²) in [6.45, 7) is 1.80. The third kappa shape index (κ3) is 4.87. The summed E-state index contributed by atoms with van der Waals surface area (Å²) >= 11 is 0. The van der Waals surface area contributed by atoms with E-state index in [1.54, 1.807) is 6.92 Å². The van der Waals surface area contributed by atoms with Crippen LogP contribution in [-0.2, 0) is 9.59 Å². The summed E-state index contributed by atoms with van der Waals surface area (Å²) in [5, 5.41) is 22.4. The molecule has 0 aromatic heterocycles. The third-order valence-corrected chi connectivity index (χ3v) is 4.01. The molecule has 2 N–H and O–H groups in total. The lowest BCUT2D eigenvalue weighted by Gasteiger charge is -2.22. The first-order valence-corrected chi connectivity index (χ1v) is 7.70. The average Bonchev–Trinajstić information content (AvgIpc) is 2.60. The summed E-state index contributed by atoms with van der Waals surface area (Å²) in [5.74, 6) is -2.57. The number of nitrogens with zero attached hydrogens (tertiary/aromatic N) is 1. The van der Waals surface area contributed by atoms with E-state index in [-0.39, 0.29) is 18.0 Å². The number of amides is 1. The van der Waals surface area contributed by atoms with E-state index in [1.807, 2.05) is 30.3 Å². The number of carbonyl (C=O) groups is 2. The lowest BCUT2D eigenvalue weighted by molar-refractivity contribution is -0.384. The fourth-order valence-corrected chi connectivity index (χ4v) is 2.58. The quantitative estimate of drug-likeness (QED) is 0.592. The molecule has 25 heavy (non-hydrogen) atoms. The van der Waals surface area contributed by atoms with Gasteiger partial charge < -0.3 is 10.4 Å². The molecule has 1 amide bonds. The van der Waals surface area contributed by atoms with Crippen molar-refractivity contribution >= 4 is 23.3 Å². The Morgan fingerprint density at radius 2 is 1.72 bits per heavy atom. The van der Waals surface area contributed by atoms with Gasteiger partial charge in [0.1, 0.15) is 0 Å². The van der Waals surface area contributed by atoms with Gasteiger partial charge in [-0.15, -0.1) is 0 Å². The van der Waals surface area contributed by atoms with Gasteiger partial charge in [-0.2, -0.15) is 0 Å². The molecule has 0 spiro atoms. The van der Waals surface area contributed by atoms with E-state index in [0.717, 1.165) is 5.56 Å². The first-order chi connectivity index (χ1) is 11.9. The van der Waals surface area contributed by atoms with Gasteiger partial charge >= 0.3 is 5.97 Å². The molecule has 2 atom stereocenters. The molecule has 0 aliphatic heterocycles. The van der Waals surface area contributed by atoms with Gasteiger partial charge in [-0.25, -0.2) is 0 Å². The zero-order valence-corrected chi connectivity index (χ0v) is 13.6. The molecule has 0 heterocycles. The van der Waals surface area contributed by atoms with Gasteiger partial charge in [0.05, 0.1) is 17.3 Å². The van der Waals surface area contributed by atoms with Crippen LogP contribution < -0.4 is 5.32 Å². The minimum Gasteiger partial charge on any atom is -0.481 e. The van der Waals surface area contributed by atoms with Crippen molar-refractivity contribution in [2.75, 3.05) is 5.32 Å². The van der Waals surface area contributed by atoms with Crippen molar-refractivity contribution in [3.05, 3.63) is 70.3 Å². The summed E-state index contributed by atoms with van der Waals surface area (Å²) in [6, 6.07) is 14.6. The number of hydrogen-bond acceptors (Lipinski definition) is 4. The predicted octanol–water partition coefficient (Wildman–Crippen LogP) is 3.43. The fraction of sp³-hybridized carbons (Fsp3) is 0.222. The maximum absolute atomic E-state index is 12.6. The molecule has 0 fully saturated rings. The Morgan fingerprint density at radius 1 is 1.12 bits per heavy atom. The molecule has 0 saturated carbocycles. The molecule has 2 rings (SSSR count). The van der Waals surface area contributed by atoms with E-state index in [1.165, 1.54) is 24.3 Å². The molecular weight excluding hydrogens is 324 g/mol. The number of rotatable bonds is 7. The number of carbonyl (C=O) groups excluding carboxylic acids is 1. The molecule has 0 aliphatic rings. The molecule has 2 aromatic rings. The van der Waals surface area contributed by atoms with E-state index >= 15 is 0 Å². The van der Waals surface area contributed by atoms with E-state index in [2.05, 4.69) is 5.32 Å². The van der Waals surface area contributed by atoms with Gasteiger partial charge in [0, 0.05) is 17.8 Å². The Labute approximate surface area is 144 Å². The predicted molar refractivity (Wildman–Crippen MR) is 92.3 cm³/mol. The Balaban J connectivity index is 2.17. The van der Waals surface area contributed by atoms with Crippen LogP contribution in [0.1, 0.15) is 24.8 Å².